The standard InChI is InChI=1S/C34H33ClN2O7S/c1-6-42-28-18-22(13-15-25(28)40-4)31-30(33(39)43-7-2)20(3)36-34-37(31)32(38)29(45-34)17-21-12-14-26(27(16-21)41-5)44-19-23-10-8-9-11-24(23)35/h8-18,31H,6-7,19H2,1-5H3/b29-17-/t31-/m0/s1. The van der Waals surface area contributed by atoms with Crippen molar-refractivity contribution < 1.29 is 28.5 Å². The van der Waals surface area contributed by atoms with E-state index in [0.717, 1.165) is 11.1 Å². The average Bonchev–Trinajstić information content (AvgIpc) is 3.34. The van der Waals surface area contributed by atoms with Crippen LogP contribution >= 0.6 is 22.9 Å². The highest BCUT2D eigenvalue weighted by atomic mass is 35.5. The normalized spacial score (nSPS) is 14.4. The summed E-state index contributed by atoms with van der Waals surface area (Å²) in [6, 6.07) is 17.5. The van der Waals surface area contributed by atoms with Crippen LogP contribution < -0.4 is 33.8 Å². The van der Waals surface area contributed by atoms with E-state index in [2.05, 4.69) is 4.99 Å². The Morgan fingerprint density at radius 1 is 0.956 bits per heavy atom. The molecule has 0 radical (unpaired) electrons. The Bertz CT molecular complexity index is 1950. The molecule has 0 saturated carbocycles. The fraction of sp³-hybridized carbons (Fsp3) is 0.265. The first-order chi connectivity index (χ1) is 21.8. The van der Waals surface area contributed by atoms with E-state index in [4.69, 9.17) is 35.3 Å². The zero-order valence-electron chi connectivity index (χ0n) is 25.6. The summed E-state index contributed by atoms with van der Waals surface area (Å²) in [5, 5.41) is 0.617. The molecule has 0 spiro atoms. The first-order valence-corrected chi connectivity index (χ1v) is 15.5. The first kappa shape index (κ1) is 31.9. The number of carbonyl (C=O) groups is 1. The van der Waals surface area contributed by atoms with Gasteiger partial charge in [-0.2, -0.15) is 0 Å². The molecule has 2 heterocycles. The summed E-state index contributed by atoms with van der Waals surface area (Å²) in [7, 11) is 3.11. The second kappa shape index (κ2) is 14.0. The number of carbonyl (C=O) groups excluding carboxylic acids is 1. The van der Waals surface area contributed by atoms with Crippen molar-refractivity contribution in [2.45, 2.75) is 33.4 Å². The largest absolute Gasteiger partial charge is 0.493 e. The van der Waals surface area contributed by atoms with Gasteiger partial charge in [-0.05, 0) is 68.3 Å². The molecule has 0 saturated heterocycles. The number of allylic oxidation sites excluding steroid dienone is 1. The van der Waals surface area contributed by atoms with Gasteiger partial charge in [0.2, 0.25) is 0 Å². The Kier molecular flexibility index (Phi) is 9.95. The minimum Gasteiger partial charge on any atom is -0.493 e. The summed E-state index contributed by atoms with van der Waals surface area (Å²) in [6.07, 6.45) is 1.77. The van der Waals surface area contributed by atoms with Gasteiger partial charge in [0, 0.05) is 10.6 Å². The van der Waals surface area contributed by atoms with Gasteiger partial charge in [-0.1, -0.05) is 53.3 Å². The van der Waals surface area contributed by atoms with Crippen LogP contribution in [0.1, 0.15) is 43.5 Å². The number of hydrogen-bond donors (Lipinski definition) is 0. The molecular weight excluding hydrogens is 616 g/mol. The second-order valence-corrected chi connectivity index (χ2v) is 11.4. The number of benzene rings is 3. The number of hydrogen-bond acceptors (Lipinski definition) is 9. The molecule has 234 valence electrons. The molecule has 3 aromatic carbocycles. The zero-order chi connectivity index (χ0) is 32.1. The molecule has 0 amide bonds. The van der Waals surface area contributed by atoms with Crippen molar-refractivity contribution in [1.29, 1.82) is 0 Å². The first-order valence-electron chi connectivity index (χ1n) is 14.3. The molecule has 9 nitrogen and oxygen atoms in total. The molecule has 1 aromatic heterocycles. The van der Waals surface area contributed by atoms with Gasteiger partial charge in [0.25, 0.3) is 5.56 Å². The van der Waals surface area contributed by atoms with Crippen LogP contribution in [0.3, 0.4) is 0 Å². The molecule has 45 heavy (non-hydrogen) atoms. The predicted octanol–water partition coefficient (Wildman–Crippen LogP) is 5.45. The van der Waals surface area contributed by atoms with E-state index < -0.39 is 12.0 Å². The number of aromatic nitrogens is 1. The van der Waals surface area contributed by atoms with E-state index in [1.165, 1.54) is 15.9 Å². The van der Waals surface area contributed by atoms with E-state index in [-0.39, 0.29) is 24.3 Å². The highest BCUT2D eigenvalue weighted by molar-refractivity contribution is 7.07. The van der Waals surface area contributed by atoms with Gasteiger partial charge in [-0.15, -0.1) is 0 Å². The summed E-state index contributed by atoms with van der Waals surface area (Å²) in [5.41, 5.74) is 2.69. The monoisotopic (exact) mass is 648 g/mol. The fourth-order valence-corrected chi connectivity index (χ4v) is 6.29. The Morgan fingerprint density at radius 2 is 1.71 bits per heavy atom. The minimum absolute atomic E-state index is 0.180. The van der Waals surface area contributed by atoms with Crippen LogP contribution in [-0.2, 0) is 16.1 Å². The van der Waals surface area contributed by atoms with Crippen LogP contribution in [0.4, 0.5) is 0 Å². The van der Waals surface area contributed by atoms with Gasteiger partial charge in [0.1, 0.15) is 6.61 Å². The van der Waals surface area contributed by atoms with E-state index in [1.54, 1.807) is 58.4 Å². The summed E-state index contributed by atoms with van der Waals surface area (Å²) >= 11 is 7.51. The summed E-state index contributed by atoms with van der Waals surface area (Å²) in [6.45, 7) is 6.22. The number of rotatable bonds is 11. The summed E-state index contributed by atoms with van der Waals surface area (Å²) < 4.78 is 30.2. The number of ether oxygens (including phenoxy) is 5. The highest BCUT2D eigenvalue weighted by Gasteiger charge is 2.34. The maximum absolute atomic E-state index is 14.1. The summed E-state index contributed by atoms with van der Waals surface area (Å²) in [5.74, 6) is 1.55. The third-order valence-corrected chi connectivity index (χ3v) is 8.50. The Labute approximate surface area is 269 Å². The van der Waals surface area contributed by atoms with Gasteiger partial charge in [0.15, 0.2) is 27.8 Å². The average molecular weight is 649 g/mol. The molecule has 4 aromatic rings. The topological polar surface area (TPSA) is 97.6 Å². The Balaban J connectivity index is 1.58. The molecule has 1 aliphatic heterocycles. The molecule has 0 fully saturated rings. The highest BCUT2D eigenvalue weighted by Crippen LogP contribution is 2.36. The van der Waals surface area contributed by atoms with E-state index >= 15 is 0 Å². The lowest BCUT2D eigenvalue weighted by Gasteiger charge is -2.25. The molecule has 0 bridgehead atoms. The number of fused-ring (bicyclic) bond motifs is 1. The number of esters is 1. The van der Waals surface area contributed by atoms with Crippen molar-refractivity contribution in [2.75, 3.05) is 27.4 Å². The minimum atomic E-state index is -0.789. The zero-order valence-corrected chi connectivity index (χ0v) is 27.2. The third kappa shape index (κ3) is 6.62. The van der Waals surface area contributed by atoms with E-state index in [9.17, 15) is 9.59 Å². The fourth-order valence-electron chi connectivity index (χ4n) is 5.05. The van der Waals surface area contributed by atoms with Crippen molar-refractivity contribution in [3.8, 4) is 23.0 Å². The Hall–Kier alpha value is -4.54. The maximum atomic E-state index is 14.1. The number of halogens is 1. The lowest BCUT2D eigenvalue weighted by molar-refractivity contribution is -0.139. The molecule has 5 rings (SSSR count). The van der Waals surface area contributed by atoms with Crippen LogP contribution in [0.5, 0.6) is 23.0 Å². The van der Waals surface area contributed by atoms with Crippen LogP contribution in [0.15, 0.2) is 81.7 Å². The van der Waals surface area contributed by atoms with Gasteiger partial charge >= 0.3 is 5.97 Å². The van der Waals surface area contributed by atoms with Crippen molar-refractivity contribution in [1.82, 2.24) is 4.57 Å². The number of thiazole rings is 1. The van der Waals surface area contributed by atoms with Crippen molar-refractivity contribution >= 4 is 35.0 Å². The van der Waals surface area contributed by atoms with Gasteiger partial charge < -0.3 is 23.7 Å². The smallest absolute Gasteiger partial charge is 0.338 e. The maximum Gasteiger partial charge on any atom is 0.338 e. The van der Waals surface area contributed by atoms with E-state index in [1.807, 2.05) is 43.3 Å². The SMILES string of the molecule is CCOC(=O)C1=C(C)N=c2s/c(=C\c3ccc(OCc4ccccc4Cl)c(OC)c3)c(=O)n2[C@H]1c1ccc(OC)c(OCC)c1. The summed E-state index contributed by atoms with van der Waals surface area (Å²) in [4.78, 5) is 32.4. The lowest BCUT2D eigenvalue weighted by Crippen LogP contribution is -2.40. The van der Waals surface area contributed by atoms with Crippen molar-refractivity contribution in [3.63, 3.8) is 0 Å². The lowest BCUT2D eigenvalue weighted by atomic mass is 9.95. The predicted molar refractivity (Wildman–Crippen MR) is 173 cm³/mol. The molecule has 1 aliphatic rings. The van der Waals surface area contributed by atoms with Crippen LogP contribution in [0.25, 0.3) is 6.08 Å². The van der Waals surface area contributed by atoms with Crippen molar-refractivity contribution in [2.24, 2.45) is 4.99 Å². The van der Waals surface area contributed by atoms with Crippen molar-refractivity contribution in [3.05, 3.63) is 113 Å². The number of methoxy groups -OCH3 is 2. The molecule has 0 aliphatic carbocycles. The number of nitrogens with zero attached hydrogens (tertiary/aromatic N) is 2. The van der Waals surface area contributed by atoms with Crippen LogP contribution in [0, 0.1) is 0 Å². The molecule has 0 unspecified atom stereocenters. The van der Waals surface area contributed by atoms with E-state index in [0.29, 0.717) is 55.2 Å². The molecule has 1 atom stereocenters. The quantitative estimate of drug-likeness (QED) is 0.200. The molecular formula is C34H33ClN2O7S. The van der Waals surface area contributed by atoms with Gasteiger partial charge in [0.05, 0.1) is 49.3 Å². The second-order valence-electron chi connectivity index (χ2n) is 9.94. The Morgan fingerprint density at radius 3 is 2.42 bits per heavy atom. The van der Waals surface area contributed by atoms with Gasteiger partial charge in [-0.3, -0.25) is 9.36 Å². The van der Waals surface area contributed by atoms with Gasteiger partial charge in [-0.25, -0.2) is 9.79 Å². The van der Waals surface area contributed by atoms with Crippen LogP contribution in [0.2, 0.25) is 5.02 Å². The third-order valence-electron chi connectivity index (χ3n) is 7.15. The molecule has 11 heteroatoms. The molecule has 0 N–H and O–H groups in total. The van der Waals surface area contributed by atoms with Crippen LogP contribution in [-0.4, -0.2) is 38.0 Å².